The summed E-state index contributed by atoms with van der Waals surface area (Å²) in [4.78, 5) is 2.66. The summed E-state index contributed by atoms with van der Waals surface area (Å²) in [6.07, 6.45) is 5.59. The van der Waals surface area contributed by atoms with Crippen molar-refractivity contribution in [3.05, 3.63) is 0 Å². The SMILES string of the molecule is CCCCN(C(C)C)C1CC1. The molecule has 1 nitrogen and oxygen atoms in total. The third kappa shape index (κ3) is 2.82. The lowest BCUT2D eigenvalue weighted by Crippen LogP contribution is -2.33. The van der Waals surface area contributed by atoms with Gasteiger partial charge in [-0.1, -0.05) is 13.3 Å². The van der Waals surface area contributed by atoms with Crippen LogP contribution in [0.5, 0.6) is 0 Å². The molecule has 1 saturated carbocycles. The fraction of sp³-hybridized carbons (Fsp3) is 1.00. The second-order valence-electron chi connectivity index (χ2n) is 3.92. The molecule has 1 aliphatic rings. The molecule has 0 bridgehead atoms. The van der Waals surface area contributed by atoms with Crippen molar-refractivity contribution in [3.8, 4) is 0 Å². The van der Waals surface area contributed by atoms with Crippen LogP contribution in [0.3, 0.4) is 0 Å². The molecule has 0 aromatic heterocycles. The van der Waals surface area contributed by atoms with Gasteiger partial charge in [-0.15, -0.1) is 0 Å². The van der Waals surface area contributed by atoms with Crippen molar-refractivity contribution in [2.24, 2.45) is 0 Å². The number of rotatable bonds is 5. The summed E-state index contributed by atoms with van der Waals surface area (Å²) in [7, 11) is 0. The molecule has 0 aromatic rings. The van der Waals surface area contributed by atoms with E-state index in [9.17, 15) is 0 Å². The van der Waals surface area contributed by atoms with Crippen molar-refractivity contribution in [3.63, 3.8) is 0 Å². The van der Waals surface area contributed by atoms with Gasteiger partial charge in [-0.2, -0.15) is 0 Å². The summed E-state index contributed by atoms with van der Waals surface area (Å²) in [6, 6.07) is 1.70. The molecule has 0 N–H and O–H groups in total. The van der Waals surface area contributed by atoms with Crippen molar-refractivity contribution in [1.82, 2.24) is 4.90 Å². The zero-order chi connectivity index (χ0) is 8.27. The molecule has 0 heterocycles. The van der Waals surface area contributed by atoms with Crippen LogP contribution in [-0.2, 0) is 0 Å². The Kier molecular flexibility index (Phi) is 3.38. The van der Waals surface area contributed by atoms with Gasteiger partial charge in [0.1, 0.15) is 0 Å². The second-order valence-corrected chi connectivity index (χ2v) is 3.92. The third-order valence-corrected chi connectivity index (χ3v) is 2.45. The summed E-state index contributed by atoms with van der Waals surface area (Å²) in [5, 5.41) is 0. The molecular weight excluding hydrogens is 134 g/mol. The van der Waals surface area contributed by atoms with Crippen LogP contribution in [0.1, 0.15) is 46.5 Å². The Bertz CT molecular complexity index is 103. The summed E-state index contributed by atoms with van der Waals surface area (Å²) in [6.45, 7) is 8.21. The maximum Gasteiger partial charge on any atom is 0.00991 e. The topological polar surface area (TPSA) is 3.24 Å². The van der Waals surface area contributed by atoms with Crippen LogP contribution in [0.4, 0.5) is 0 Å². The predicted octanol–water partition coefficient (Wildman–Crippen LogP) is 2.66. The molecule has 1 heteroatoms. The molecular formula is C10H21N. The minimum atomic E-state index is 0.758. The Labute approximate surface area is 70.8 Å². The van der Waals surface area contributed by atoms with E-state index in [0.717, 1.165) is 12.1 Å². The van der Waals surface area contributed by atoms with Crippen molar-refractivity contribution < 1.29 is 0 Å². The monoisotopic (exact) mass is 155 g/mol. The lowest BCUT2D eigenvalue weighted by Gasteiger charge is -2.25. The average molecular weight is 155 g/mol. The highest BCUT2D eigenvalue weighted by molar-refractivity contribution is 4.85. The number of unbranched alkanes of at least 4 members (excludes halogenated alkanes) is 1. The summed E-state index contributed by atoms with van der Waals surface area (Å²) >= 11 is 0. The van der Waals surface area contributed by atoms with Gasteiger partial charge < -0.3 is 0 Å². The highest BCUT2D eigenvalue weighted by atomic mass is 15.2. The first kappa shape index (κ1) is 9.05. The first-order valence-electron chi connectivity index (χ1n) is 5.01. The molecule has 0 radical (unpaired) electrons. The Morgan fingerprint density at radius 2 is 2.00 bits per heavy atom. The van der Waals surface area contributed by atoms with Crippen LogP contribution in [0.25, 0.3) is 0 Å². The van der Waals surface area contributed by atoms with E-state index < -0.39 is 0 Å². The van der Waals surface area contributed by atoms with Crippen LogP contribution in [0, 0.1) is 0 Å². The largest absolute Gasteiger partial charge is 0.298 e. The smallest absolute Gasteiger partial charge is 0.00991 e. The molecule has 0 aliphatic heterocycles. The molecule has 66 valence electrons. The van der Waals surface area contributed by atoms with E-state index in [2.05, 4.69) is 25.7 Å². The van der Waals surface area contributed by atoms with E-state index >= 15 is 0 Å². The highest BCUT2D eigenvalue weighted by Crippen LogP contribution is 2.28. The van der Waals surface area contributed by atoms with E-state index in [1.54, 1.807) is 0 Å². The van der Waals surface area contributed by atoms with Crippen LogP contribution >= 0.6 is 0 Å². The second kappa shape index (κ2) is 4.10. The summed E-state index contributed by atoms with van der Waals surface area (Å²) < 4.78 is 0. The van der Waals surface area contributed by atoms with Crippen molar-refractivity contribution in [2.75, 3.05) is 6.54 Å². The zero-order valence-corrected chi connectivity index (χ0v) is 8.14. The molecule has 0 spiro atoms. The van der Waals surface area contributed by atoms with Gasteiger partial charge in [-0.3, -0.25) is 4.90 Å². The maximum atomic E-state index is 2.66. The Balaban J connectivity index is 2.21. The van der Waals surface area contributed by atoms with Gasteiger partial charge >= 0.3 is 0 Å². The fourth-order valence-electron chi connectivity index (χ4n) is 1.61. The van der Waals surface area contributed by atoms with Crippen LogP contribution < -0.4 is 0 Å². The van der Waals surface area contributed by atoms with Crippen molar-refractivity contribution >= 4 is 0 Å². The molecule has 1 fully saturated rings. The standard InChI is InChI=1S/C10H21N/c1-4-5-8-11(9(2)3)10-6-7-10/h9-10H,4-8H2,1-3H3. The summed E-state index contributed by atoms with van der Waals surface area (Å²) in [5.74, 6) is 0. The Morgan fingerprint density at radius 3 is 2.36 bits per heavy atom. The van der Waals surface area contributed by atoms with Gasteiger partial charge in [0.15, 0.2) is 0 Å². The molecule has 1 rings (SSSR count). The van der Waals surface area contributed by atoms with Gasteiger partial charge in [0, 0.05) is 12.1 Å². The molecule has 0 unspecified atom stereocenters. The molecule has 0 atom stereocenters. The normalized spacial score (nSPS) is 18.3. The summed E-state index contributed by atoms with van der Waals surface area (Å²) in [5.41, 5.74) is 0. The molecule has 0 saturated heterocycles. The molecule has 0 aromatic carbocycles. The van der Waals surface area contributed by atoms with Gasteiger partial charge in [0.05, 0.1) is 0 Å². The van der Waals surface area contributed by atoms with Crippen molar-refractivity contribution in [1.29, 1.82) is 0 Å². The Hall–Kier alpha value is -0.0400. The molecule has 11 heavy (non-hydrogen) atoms. The highest BCUT2D eigenvalue weighted by Gasteiger charge is 2.29. The van der Waals surface area contributed by atoms with Crippen LogP contribution in [0.15, 0.2) is 0 Å². The maximum absolute atomic E-state index is 2.66. The predicted molar refractivity (Wildman–Crippen MR) is 49.8 cm³/mol. The number of hydrogen-bond acceptors (Lipinski definition) is 1. The lowest BCUT2D eigenvalue weighted by molar-refractivity contribution is 0.208. The van der Waals surface area contributed by atoms with Gasteiger partial charge in [-0.05, 0) is 39.7 Å². The van der Waals surface area contributed by atoms with Gasteiger partial charge in [-0.25, -0.2) is 0 Å². The van der Waals surface area contributed by atoms with Gasteiger partial charge in [0.2, 0.25) is 0 Å². The van der Waals surface area contributed by atoms with E-state index in [1.165, 1.54) is 32.2 Å². The van der Waals surface area contributed by atoms with Crippen molar-refractivity contribution in [2.45, 2.75) is 58.5 Å². The van der Waals surface area contributed by atoms with Crippen LogP contribution in [-0.4, -0.2) is 23.5 Å². The van der Waals surface area contributed by atoms with E-state index in [-0.39, 0.29) is 0 Å². The van der Waals surface area contributed by atoms with E-state index in [1.807, 2.05) is 0 Å². The van der Waals surface area contributed by atoms with Crippen LogP contribution in [0.2, 0.25) is 0 Å². The first-order valence-corrected chi connectivity index (χ1v) is 5.01. The minimum Gasteiger partial charge on any atom is -0.298 e. The Morgan fingerprint density at radius 1 is 1.36 bits per heavy atom. The average Bonchev–Trinajstić information content (AvgIpc) is 2.71. The third-order valence-electron chi connectivity index (χ3n) is 2.45. The first-order chi connectivity index (χ1) is 5.25. The molecule has 1 aliphatic carbocycles. The quantitative estimate of drug-likeness (QED) is 0.590. The van der Waals surface area contributed by atoms with E-state index in [0.29, 0.717) is 0 Å². The molecule has 0 amide bonds. The lowest BCUT2D eigenvalue weighted by atomic mass is 10.2. The van der Waals surface area contributed by atoms with E-state index in [4.69, 9.17) is 0 Å². The minimum absolute atomic E-state index is 0.758. The fourth-order valence-corrected chi connectivity index (χ4v) is 1.61. The zero-order valence-electron chi connectivity index (χ0n) is 8.14. The number of nitrogens with zero attached hydrogens (tertiary/aromatic N) is 1. The number of hydrogen-bond donors (Lipinski definition) is 0. The van der Waals surface area contributed by atoms with Gasteiger partial charge in [0.25, 0.3) is 0 Å².